The van der Waals surface area contributed by atoms with Gasteiger partial charge in [-0.2, -0.15) is 12.7 Å². The van der Waals surface area contributed by atoms with Crippen molar-refractivity contribution in [3.63, 3.8) is 0 Å². The molecule has 2 N–H and O–H groups in total. The van der Waals surface area contributed by atoms with Crippen molar-refractivity contribution in [3.8, 4) is 0 Å². The number of piperidine rings is 2. The van der Waals surface area contributed by atoms with E-state index in [1.54, 1.807) is 4.31 Å². The van der Waals surface area contributed by atoms with Crippen molar-refractivity contribution in [1.29, 1.82) is 0 Å². The lowest BCUT2D eigenvalue weighted by atomic mass is 9.77. The highest BCUT2D eigenvalue weighted by atomic mass is 35.5. The number of hydrogen-bond donors (Lipinski definition) is 1. The number of fused-ring (bicyclic) bond motifs is 4. The fraction of sp³-hybridized carbons (Fsp3) is 0.625. The molecule has 0 aliphatic carbocycles. The Balaban J connectivity index is 0.00000156. The molecule has 1 aromatic carbocycles. The number of nitrogens with zero attached hydrogens (tertiary/aromatic N) is 2. The first-order chi connectivity index (χ1) is 10.5. The molecule has 0 aromatic heterocycles. The van der Waals surface area contributed by atoms with E-state index in [-0.39, 0.29) is 18.4 Å². The van der Waals surface area contributed by atoms with Gasteiger partial charge in [0.15, 0.2) is 0 Å². The van der Waals surface area contributed by atoms with Gasteiger partial charge >= 0.3 is 0 Å². The summed E-state index contributed by atoms with van der Waals surface area (Å²) in [6.07, 6.45) is 4.01. The van der Waals surface area contributed by atoms with Crippen LogP contribution in [0.4, 0.5) is 0 Å². The first kappa shape index (κ1) is 17.2. The predicted octanol–water partition coefficient (Wildman–Crippen LogP) is 1.70. The summed E-state index contributed by atoms with van der Waals surface area (Å²) in [6, 6.07) is 9.00. The molecule has 0 radical (unpaired) electrons. The van der Waals surface area contributed by atoms with Gasteiger partial charge < -0.3 is 0 Å². The van der Waals surface area contributed by atoms with Crippen LogP contribution in [0.15, 0.2) is 24.3 Å². The number of benzene rings is 1. The zero-order valence-corrected chi connectivity index (χ0v) is 14.7. The van der Waals surface area contributed by atoms with E-state index in [0.29, 0.717) is 18.5 Å². The molecule has 3 atom stereocenters. The van der Waals surface area contributed by atoms with Crippen molar-refractivity contribution < 1.29 is 8.42 Å². The summed E-state index contributed by atoms with van der Waals surface area (Å²) < 4.78 is 25.4. The van der Waals surface area contributed by atoms with Crippen molar-refractivity contribution in [2.75, 3.05) is 19.6 Å². The molecule has 2 saturated heterocycles. The van der Waals surface area contributed by atoms with Crippen LogP contribution in [0.2, 0.25) is 0 Å². The van der Waals surface area contributed by atoms with Crippen LogP contribution >= 0.6 is 12.4 Å². The van der Waals surface area contributed by atoms with E-state index in [1.807, 2.05) is 0 Å². The van der Waals surface area contributed by atoms with E-state index in [4.69, 9.17) is 5.14 Å². The van der Waals surface area contributed by atoms with Crippen molar-refractivity contribution in [1.82, 2.24) is 9.21 Å². The summed E-state index contributed by atoms with van der Waals surface area (Å²) in [6.45, 7) is 2.66. The fourth-order valence-electron chi connectivity index (χ4n) is 4.67. The summed E-state index contributed by atoms with van der Waals surface area (Å²) in [5, 5.41) is 5.46. The van der Waals surface area contributed by atoms with Crippen LogP contribution in [0, 0.1) is 5.92 Å². The molecule has 4 rings (SSSR count). The van der Waals surface area contributed by atoms with Gasteiger partial charge in [-0.25, -0.2) is 5.14 Å². The fourth-order valence-corrected chi connectivity index (χ4v) is 5.69. The van der Waals surface area contributed by atoms with Gasteiger partial charge in [0.25, 0.3) is 10.2 Å². The minimum atomic E-state index is -3.60. The van der Waals surface area contributed by atoms with Gasteiger partial charge in [0, 0.05) is 31.7 Å². The molecule has 0 bridgehead atoms. The Kier molecular flexibility index (Phi) is 4.73. The van der Waals surface area contributed by atoms with Crippen molar-refractivity contribution >= 4 is 22.6 Å². The minimum absolute atomic E-state index is 0. The SMILES string of the molecule is Cl.NS(=O)(=O)N1CCC[C@@H]2CN3CCc4ccccc4[C@@H]3C[C@@H]21. The molecular formula is C16H24ClN3O2S. The minimum Gasteiger partial charge on any atom is -0.296 e. The van der Waals surface area contributed by atoms with Crippen molar-refractivity contribution in [2.24, 2.45) is 11.1 Å². The maximum atomic E-state index is 11.9. The van der Waals surface area contributed by atoms with Crippen LogP contribution < -0.4 is 5.14 Å². The maximum Gasteiger partial charge on any atom is 0.277 e. The molecule has 5 nitrogen and oxygen atoms in total. The van der Waals surface area contributed by atoms with Crippen LogP contribution in [-0.2, 0) is 16.6 Å². The molecule has 0 saturated carbocycles. The normalized spacial score (nSPS) is 31.4. The molecular weight excluding hydrogens is 334 g/mol. The second-order valence-corrected chi connectivity index (χ2v) is 8.32. The molecule has 0 unspecified atom stereocenters. The zero-order chi connectivity index (χ0) is 15.3. The van der Waals surface area contributed by atoms with E-state index in [0.717, 1.165) is 38.8 Å². The van der Waals surface area contributed by atoms with Crippen LogP contribution in [0.5, 0.6) is 0 Å². The van der Waals surface area contributed by atoms with Gasteiger partial charge in [-0.1, -0.05) is 24.3 Å². The van der Waals surface area contributed by atoms with E-state index in [2.05, 4.69) is 29.2 Å². The average molecular weight is 358 g/mol. The Bertz CT molecular complexity index is 682. The predicted molar refractivity (Wildman–Crippen MR) is 92.7 cm³/mol. The summed E-state index contributed by atoms with van der Waals surface area (Å²) >= 11 is 0. The van der Waals surface area contributed by atoms with Gasteiger partial charge in [-0.15, -0.1) is 12.4 Å². The van der Waals surface area contributed by atoms with Gasteiger partial charge in [0.05, 0.1) is 0 Å². The Hall–Kier alpha value is -0.660. The van der Waals surface area contributed by atoms with Crippen molar-refractivity contribution in [3.05, 3.63) is 35.4 Å². The third-order valence-electron chi connectivity index (χ3n) is 5.65. The summed E-state index contributed by atoms with van der Waals surface area (Å²) in [5.74, 6) is 0.425. The summed E-state index contributed by atoms with van der Waals surface area (Å²) in [5.41, 5.74) is 2.80. The highest BCUT2D eigenvalue weighted by Crippen LogP contribution is 2.43. The Morgan fingerprint density at radius 2 is 1.96 bits per heavy atom. The average Bonchev–Trinajstić information content (AvgIpc) is 2.51. The lowest BCUT2D eigenvalue weighted by Gasteiger charge is -2.51. The highest BCUT2D eigenvalue weighted by Gasteiger charge is 2.45. The van der Waals surface area contributed by atoms with Crippen molar-refractivity contribution in [2.45, 2.75) is 37.8 Å². The molecule has 3 aliphatic heterocycles. The second-order valence-electron chi connectivity index (χ2n) is 6.82. The molecule has 7 heteroatoms. The molecule has 3 heterocycles. The summed E-state index contributed by atoms with van der Waals surface area (Å²) in [4.78, 5) is 2.55. The standard InChI is InChI=1S/C16H23N3O2S.ClH/c17-22(20,21)19-8-3-5-13-11-18-9-7-12-4-1-2-6-14(12)16(18)10-15(13)19;/h1-2,4,6,13,15-16H,3,5,7-11H2,(H2,17,20,21);1H/t13-,15+,16+;/m1./s1. The number of hydrogen-bond acceptors (Lipinski definition) is 3. The molecule has 1 aromatic rings. The zero-order valence-electron chi connectivity index (χ0n) is 13.1. The van der Waals surface area contributed by atoms with Crippen LogP contribution in [0.1, 0.15) is 36.4 Å². The third-order valence-corrected chi connectivity index (χ3v) is 6.76. The molecule has 0 spiro atoms. The van der Waals surface area contributed by atoms with E-state index in [1.165, 1.54) is 11.1 Å². The first-order valence-electron chi connectivity index (χ1n) is 8.15. The Labute approximate surface area is 144 Å². The van der Waals surface area contributed by atoms with E-state index in [9.17, 15) is 8.42 Å². The molecule has 3 aliphatic rings. The quantitative estimate of drug-likeness (QED) is 0.831. The molecule has 128 valence electrons. The van der Waals surface area contributed by atoms with Crippen LogP contribution in [0.25, 0.3) is 0 Å². The highest BCUT2D eigenvalue weighted by molar-refractivity contribution is 7.86. The van der Waals surface area contributed by atoms with Crippen LogP contribution in [0.3, 0.4) is 0 Å². The maximum absolute atomic E-state index is 11.9. The summed E-state index contributed by atoms with van der Waals surface area (Å²) in [7, 11) is -3.60. The van der Waals surface area contributed by atoms with Gasteiger partial charge in [-0.05, 0) is 42.7 Å². The number of nitrogens with two attached hydrogens (primary N) is 1. The molecule has 23 heavy (non-hydrogen) atoms. The number of halogens is 1. The van der Waals surface area contributed by atoms with E-state index >= 15 is 0 Å². The Morgan fingerprint density at radius 1 is 1.17 bits per heavy atom. The third kappa shape index (κ3) is 3.03. The largest absolute Gasteiger partial charge is 0.296 e. The number of rotatable bonds is 1. The second kappa shape index (κ2) is 6.33. The van der Waals surface area contributed by atoms with Gasteiger partial charge in [0.1, 0.15) is 0 Å². The molecule has 0 amide bonds. The first-order valence-corrected chi connectivity index (χ1v) is 9.66. The van der Waals surface area contributed by atoms with Gasteiger partial charge in [-0.3, -0.25) is 4.90 Å². The topological polar surface area (TPSA) is 66.6 Å². The van der Waals surface area contributed by atoms with Gasteiger partial charge in [0.2, 0.25) is 0 Å². The monoisotopic (exact) mass is 357 g/mol. The molecule has 2 fully saturated rings. The lowest BCUT2D eigenvalue weighted by molar-refractivity contribution is 0.0220. The Morgan fingerprint density at radius 3 is 2.74 bits per heavy atom. The smallest absolute Gasteiger partial charge is 0.277 e. The van der Waals surface area contributed by atoms with Crippen LogP contribution in [-0.4, -0.2) is 43.3 Å². The lowest BCUT2D eigenvalue weighted by Crippen LogP contribution is -2.58. The van der Waals surface area contributed by atoms with E-state index < -0.39 is 10.2 Å².